The van der Waals surface area contributed by atoms with Gasteiger partial charge in [-0.05, 0) is 26.0 Å². The highest BCUT2D eigenvalue weighted by molar-refractivity contribution is 7.99. The van der Waals surface area contributed by atoms with Crippen molar-refractivity contribution in [1.29, 1.82) is 0 Å². The van der Waals surface area contributed by atoms with Crippen molar-refractivity contribution in [2.75, 3.05) is 25.1 Å². The van der Waals surface area contributed by atoms with Crippen molar-refractivity contribution in [3.63, 3.8) is 0 Å². The van der Waals surface area contributed by atoms with Gasteiger partial charge in [0.15, 0.2) is 0 Å². The van der Waals surface area contributed by atoms with E-state index in [-0.39, 0.29) is 31.1 Å². The molecule has 2 amide bonds. The van der Waals surface area contributed by atoms with Crippen molar-refractivity contribution in [3.05, 3.63) is 0 Å². The molecule has 0 aromatic carbocycles. The topological polar surface area (TPSA) is 60.9 Å². The van der Waals surface area contributed by atoms with E-state index in [2.05, 4.69) is 0 Å². The predicted molar refractivity (Wildman–Crippen MR) is 73.0 cm³/mol. The number of carboxylic acids is 1. The Balaban J connectivity index is 2.60. The third-order valence-corrected chi connectivity index (χ3v) is 4.34. The first-order valence-electron chi connectivity index (χ1n) is 6.26. The van der Waals surface area contributed by atoms with Gasteiger partial charge in [0.1, 0.15) is 0 Å². The summed E-state index contributed by atoms with van der Waals surface area (Å²) in [5, 5.41) is 8.72. The van der Waals surface area contributed by atoms with E-state index >= 15 is 0 Å². The third-order valence-electron chi connectivity index (χ3n) is 3.19. The Kier molecular flexibility index (Phi) is 5.78. The quantitative estimate of drug-likeness (QED) is 0.829. The molecule has 1 aliphatic heterocycles. The summed E-state index contributed by atoms with van der Waals surface area (Å²) in [7, 11) is 1.81. The highest BCUT2D eigenvalue weighted by atomic mass is 32.2. The molecule has 1 rings (SSSR count). The zero-order valence-electron chi connectivity index (χ0n) is 11.3. The Bertz CT molecular complexity index is 304. The molecule has 1 N–H and O–H groups in total. The normalized spacial score (nSPS) is 19.0. The van der Waals surface area contributed by atoms with Crippen LogP contribution in [0.5, 0.6) is 0 Å². The van der Waals surface area contributed by atoms with Gasteiger partial charge in [0, 0.05) is 31.4 Å². The van der Waals surface area contributed by atoms with Gasteiger partial charge in [0.05, 0.1) is 6.42 Å². The van der Waals surface area contributed by atoms with Crippen LogP contribution in [-0.2, 0) is 4.79 Å². The third kappa shape index (κ3) is 4.08. The molecule has 5 nitrogen and oxygen atoms in total. The van der Waals surface area contributed by atoms with Gasteiger partial charge in [-0.3, -0.25) is 4.79 Å². The lowest BCUT2D eigenvalue weighted by Gasteiger charge is -2.33. The second-order valence-electron chi connectivity index (χ2n) is 4.84. The number of rotatable bonds is 5. The minimum absolute atomic E-state index is 0.00280. The highest BCUT2D eigenvalue weighted by Gasteiger charge is 2.28. The van der Waals surface area contributed by atoms with Crippen molar-refractivity contribution >= 4 is 23.8 Å². The number of hydrogen-bond acceptors (Lipinski definition) is 3. The van der Waals surface area contributed by atoms with Gasteiger partial charge in [0.2, 0.25) is 0 Å². The fraction of sp³-hybridized carbons (Fsp3) is 0.833. The van der Waals surface area contributed by atoms with Crippen LogP contribution in [-0.4, -0.2) is 64.1 Å². The summed E-state index contributed by atoms with van der Waals surface area (Å²) >= 11 is 1.86. The standard InChI is InChI=1S/C12H22N2O3S/c1-9(2)14(6-4-11(15)16)12(17)13(3)10-5-7-18-8-10/h9-10H,4-8H2,1-3H3,(H,15,16). The second kappa shape index (κ2) is 6.87. The summed E-state index contributed by atoms with van der Waals surface area (Å²) in [6.07, 6.45) is 1.02. The molecule has 1 unspecified atom stereocenters. The minimum atomic E-state index is -0.868. The number of carbonyl (C=O) groups is 2. The maximum absolute atomic E-state index is 12.3. The molecule has 104 valence electrons. The van der Waals surface area contributed by atoms with E-state index < -0.39 is 5.97 Å². The fourth-order valence-corrected chi connectivity index (χ4v) is 3.24. The molecule has 1 heterocycles. The summed E-state index contributed by atoms with van der Waals surface area (Å²) in [4.78, 5) is 26.4. The second-order valence-corrected chi connectivity index (χ2v) is 5.99. The molecule has 0 bridgehead atoms. The molecule has 0 saturated carbocycles. The Morgan fingerprint density at radius 2 is 2.11 bits per heavy atom. The molecule has 1 fully saturated rings. The summed E-state index contributed by atoms with van der Waals surface area (Å²) in [6, 6.07) is 0.251. The van der Waals surface area contributed by atoms with Gasteiger partial charge in [-0.2, -0.15) is 11.8 Å². The molecule has 18 heavy (non-hydrogen) atoms. The summed E-state index contributed by atoms with van der Waals surface area (Å²) in [6.45, 7) is 4.10. The van der Waals surface area contributed by atoms with Gasteiger partial charge in [-0.25, -0.2) is 4.79 Å². The molecule has 6 heteroatoms. The highest BCUT2D eigenvalue weighted by Crippen LogP contribution is 2.22. The van der Waals surface area contributed by atoms with E-state index in [9.17, 15) is 9.59 Å². The Labute approximate surface area is 113 Å². The SMILES string of the molecule is CC(C)N(CCC(=O)O)C(=O)N(C)C1CCSC1. The molecular formula is C12H22N2O3S. The van der Waals surface area contributed by atoms with Crippen LogP contribution in [0, 0.1) is 0 Å². The van der Waals surface area contributed by atoms with Gasteiger partial charge >= 0.3 is 12.0 Å². The minimum Gasteiger partial charge on any atom is -0.481 e. The number of amides is 2. The van der Waals surface area contributed by atoms with Crippen LogP contribution < -0.4 is 0 Å². The van der Waals surface area contributed by atoms with Gasteiger partial charge in [-0.1, -0.05) is 0 Å². The first-order chi connectivity index (χ1) is 8.43. The lowest BCUT2D eigenvalue weighted by atomic mass is 10.2. The maximum atomic E-state index is 12.3. The molecule has 0 aliphatic carbocycles. The number of carbonyl (C=O) groups excluding carboxylic acids is 1. The van der Waals surface area contributed by atoms with Crippen LogP contribution in [0.1, 0.15) is 26.7 Å². The summed E-state index contributed by atoms with van der Waals surface area (Å²) in [5.74, 6) is 1.21. The lowest BCUT2D eigenvalue weighted by molar-refractivity contribution is -0.137. The van der Waals surface area contributed by atoms with Crippen LogP contribution >= 0.6 is 11.8 Å². The van der Waals surface area contributed by atoms with Crippen molar-refractivity contribution in [2.45, 2.75) is 38.8 Å². The molecule has 0 aromatic rings. The van der Waals surface area contributed by atoms with E-state index in [0.717, 1.165) is 17.9 Å². The monoisotopic (exact) mass is 274 g/mol. The molecule has 0 spiro atoms. The van der Waals surface area contributed by atoms with E-state index in [0.29, 0.717) is 0 Å². The van der Waals surface area contributed by atoms with Gasteiger partial charge in [0.25, 0.3) is 0 Å². The molecule has 0 aromatic heterocycles. The van der Waals surface area contributed by atoms with Crippen molar-refractivity contribution in [2.24, 2.45) is 0 Å². The van der Waals surface area contributed by atoms with Crippen LogP contribution in [0.3, 0.4) is 0 Å². The molecule has 1 atom stereocenters. The first kappa shape index (κ1) is 15.1. The van der Waals surface area contributed by atoms with Crippen LogP contribution in [0.2, 0.25) is 0 Å². The zero-order chi connectivity index (χ0) is 13.7. The Hall–Kier alpha value is -0.910. The number of nitrogens with zero attached hydrogens (tertiary/aromatic N) is 2. The lowest BCUT2D eigenvalue weighted by Crippen LogP contribution is -2.49. The van der Waals surface area contributed by atoms with Crippen molar-refractivity contribution in [1.82, 2.24) is 9.80 Å². The molecule has 0 radical (unpaired) electrons. The molecule has 1 saturated heterocycles. The fourth-order valence-electron chi connectivity index (χ4n) is 1.98. The number of aliphatic carboxylic acids is 1. The number of hydrogen-bond donors (Lipinski definition) is 1. The predicted octanol–water partition coefficient (Wildman–Crippen LogP) is 1.73. The average Bonchev–Trinajstić information content (AvgIpc) is 2.80. The summed E-state index contributed by atoms with van der Waals surface area (Å²) < 4.78 is 0. The Morgan fingerprint density at radius 1 is 1.44 bits per heavy atom. The maximum Gasteiger partial charge on any atom is 0.320 e. The molecule has 1 aliphatic rings. The van der Waals surface area contributed by atoms with Gasteiger partial charge < -0.3 is 14.9 Å². The van der Waals surface area contributed by atoms with Gasteiger partial charge in [-0.15, -0.1) is 0 Å². The van der Waals surface area contributed by atoms with Crippen LogP contribution in [0.25, 0.3) is 0 Å². The van der Waals surface area contributed by atoms with E-state index in [1.54, 1.807) is 9.80 Å². The van der Waals surface area contributed by atoms with Crippen molar-refractivity contribution in [3.8, 4) is 0 Å². The van der Waals surface area contributed by atoms with E-state index in [1.165, 1.54) is 0 Å². The Morgan fingerprint density at radius 3 is 2.56 bits per heavy atom. The van der Waals surface area contributed by atoms with Crippen LogP contribution in [0.15, 0.2) is 0 Å². The van der Waals surface area contributed by atoms with Crippen LogP contribution in [0.4, 0.5) is 4.79 Å². The molecular weight excluding hydrogens is 252 g/mol. The average molecular weight is 274 g/mol. The number of carboxylic acid groups (broad SMARTS) is 1. The summed E-state index contributed by atoms with van der Waals surface area (Å²) in [5.41, 5.74) is 0. The number of thioether (sulfide) groups is 1. The zero-order valence-corrected chi connectivity index (χ0v) is 12.1. The smallest absolute Gasteiger partial charge is 0.320 e. The number of urea groups is 1. The van der Waals surface area contributed by atoms with Crippen molar-refractivity contribution < 1.29 is 14.7 Å². The largest absolute Gasteiger partial charge is 0.481 e. The first-order valence-corrected chi connectivity index (χ1v) is 7.42. The van der Waals surface area contributed by atoms with E-state index in [1.807, 2.05) is 32.7 Å². The van der Waals surface area contributed by atoms with E-state index in [4.69, 9.17) is 5.11 Å².